The second-order valence-corrected chi connectivity index (χ2v) is 5.51. The van der Waals surface area contributed by atoms with Gasteiger partial charge < -0.3 is 14.9 Å². The summed E-state index contributed by atoms with van der Waals surface area (Å²) < 4.78 is 0. The number of nitrogens with one attached hydrogen (secondary N) is 1. The lowest BCUT2D eigenvalue weighted by atomic mass is 10.2. The van der Waals surface area contributed by atoms with Crippen LogP contribution in [0.15, 0.2) is 30.3 Å². The standard InChI is InChI=1S/C11H18N2O2Si/c14-16(15)11(10-4-2-1-3-5-10)13-8-6-12-7-9-13/h1-5,11-12,14-16H,6-9H2. The molecule has 1 aromatic carbocycles. The van der Waals surface area contributed by atoms with Crippen LogP contribution in [0, 0.1) is 0 Å². The van der Waals surface area contributed by atoms with Crippen molar-refractivity contribution >= 4 is 9.28 Å². The van der Waals surface area contributed by atoms with E-state index in [9.17, 15) is 9.59 Å². The van der Waals surface area contributed by atoms with E-state index in [1.165, 1.54) is 0 Å². The van der Waals surface area contributed by atoms with E-state index in [0.29, 0.717) is 0 Å². The molecule has 1 atom stereocenters. The quantitative estimate of drug-likeness (QED) is 0.614. The molecule has 4 nitrogen and oxygen atoms in total. The fraction of sp³-hybridized carbons (Fsp3) is 0.455. The Morgan fingerprint density at radius 2 is 1.75 bits per heavy atom. The number of piperazine rings is 1. The van der Waals surface area contributed by atoms with Crippen LogP contribution in [0.4, 0.5) is 0 Å². The molecule has 0 bridgehead atoms. The van der Waals surface area contributed by atoms with Gasteiger partial charge in [-0.2, -0.15) is 0 Å². The monoisotopic (exact) mass is 238 g/mol. The Morgan fingerprint density at radius 1 is 1.12 bits per heavy atom. The van der Waals surface area contributed by atoms with Gasteiger partial charge in [0.2, 0.25) is 0 Å². The summed E-state index contributed by atoms with van der Waals surface area (Å²) in [6.45, 7) is 3.60. The maximum absolute atomic E-state index is 9.65. The highest BCUT2D eigenvalue weighted by atomic mass is 28.3. The zero-order valence-electron chi connectivity index (χ0n) is 9.21. The number of hydrogen-bond acceptors (Lipinski definition) is 4. The van der Waals surface area contributed by atoms with Gasteiger partial charge in [-0.05, 0) is 5.56 Å². The molecule has 1 aliphatic heterocycles. The summed E-state index contributed by atoms with van der Waals surface area (Å²) in [5.41, 5.74) is 0.842. The van der Waals surface area contributed by atoms with Crippen molar-refractivity contribution in [2.24, 2.45) is 0 Å². The lowest BCUT2D eigenvalue weighted by Gasteiger charge is -2.35. The van der Waals surface area contributed by atoms with Gasteiger partial charge >= 0.3 is 9.28 Å². The molecule has 1 aliphatic rings. The SMILES string of the molecule is O[SiH](O)C(c1ccccc1)N1CCNCC1. The number of nitrogens with zero attached hydrogens (tertiary/aromatic N) is 1. The fourth-order valence-corrected chi connectivity index (χ4v) is 3.42. The molecule has 16 heavy (non-hydrogen) atoms. The molecule has 1 heterocycles. The molecule has 0 spiro atoms. The average molecular weight is 238 g/mol. The Balaban J connectivity index is 2.16. The van der Waals surface area contributed by atoms with Gasteiger partial charge in [-0.1, -0.05) is 30.3 Å². The highest BCUT2D eigenvalue weighted by Gasteiger charge is 2.29. The van der Waals surface area contributed by atoms with Gasteiger partial charge in [0.1, 0.15) is 0 Å². The van der Waals surface area contributed by atoms with E-state index >= 15 is 0 Å². The Labute approximate surface area is 97.4 Å². The molecule has 2 rings (SSSR count). The minimum atomic E-state index is -2.69. The molecule has 0 radical (unpaired) electrons. The lowest BCUT2D eigenvalue weighted by molar-refractivity contribution is 0.189. The third kappa shape index (κ3) is 2.69. The molecular weight excluding hydrogens is 220 g/mol. The van der Waals surface area contributed by atoms with Crippen molar-refractivity contribution in [3.63, 3.8) is 0 Å². The van der Waals surface area contributed by atoms with E-state index in [1.54, 1.807) is 0 Å². The Hall–Kier alpha value is -0.723. The summed E-state index contributed by atoms with van der Waals surface area (Å²) in [5, 5.41) is 3.27. The molecule has 5 heteroatoms. The molecule has 88 valence electrons. The third-order valence-corrected chi connectivity index (χ3v) is 4.34. The van der Waals surface area contributed by atoms with E-state index in [-0.39, 0.29) is 5.67 Å². The van der Waals surface area contributed by atoms with Crippen LogP contribution in [-0.2, 0) is 0 Å². The number of hydrogen-bond donors (Lipinski definition) is 3. The summed E-state index contributed by atoms with van der Waals surface area (Å²) >= 11 is 0. The van der Waals surface area contributed by atoms with E-state index in [4.69, 9.17) is 0 Å². The minimum Gasteiger partial charge on any atom is -0.412 e. The number of benzene rings is 1. The molecule has 0 saturated carbocycles. The maximum Gasteiger partial charge on any atom is 0.338 e. The first-order chi connectivity index (χ1) is 7.79. The zero-order chi connectivity index (χ0) is 11.4. The summed E-state index contributed by atoms with van der Waals surface area (Å²) in [6, 6.07) is 9.78. The van der Waals surface area contributed by atoms with Gasteiger partial charge in [0.15, 0.2) is 0 Å². The van der Waals surface area contributed by atoms with Crippen LogP contribution in [0.3, 0.4) is 0 Å². The topological polar surface area (TPSA) is 55.7 Å². The summed E-state index contributed by atoms with van der Waals surface area (Å²) in [5.74, 6) is 0. The number of rotatable bonds is 3. The van der Waals surface area contributed by atoms with Crippen molar-refractivity contribution in [2.75, 3.05) is 26.2 Å². The highest BCUT2D eigenvalue weighted by Crippen LogP contribution is 2.21. The smallest absolute Gasteiger partial charge is 0.338 e. The van der Waals surface area contributed by atoms with Crippen LogP contribution in [-0.4, -0.2) is 50.0 Å². The van der Waals surface area contributed by atoms with Crippen molar-refractivity contribution in [3.8, 4) is 0 Å². The molecule has 1 fully saturated rings. The van der Waals surface area contributed by atoms with Crippen LogP contribution >= 0.6 is 0 Å². The second-order valence-electron chi connectivity index (χ2n) is 4.06. The maximum atomic E-state index is 9.65. The first-order valence-electron chi connectivity index (χ1n) is 5.65. The van der Waals surface area contributed by atoms with Crippen molar-refractivity contribution in [1.82, 2.24) is 10.2 Å². The van der Waals surface area contributed by atoms with Crippen molar-refractivity contribution in [3.05, 3.63) is 35.9 Å². The molecule has 3 N–H and O–H groups in total. The molecule has 1 saturated heterocycles. The minimum absolute atomic E-state index is 0.178. The average Bonchev–Trinajstić information content (AvgIpc) is 2.31. The molecule has 1 unspecified atom stereocenters. The highest BCUT2D eigenvalue weighted by molar-refractivity contribution is 6.43. The van der Waals surface area contributed by atoms with E-state index in [0.717, 1.165) is 31.7 Å². The Kier molecular flexibility index (Phi) is 4.08. The van der Waals surface area contributed by atoms with Crippen molar-refractivity contribution in [1.29, 1.82) is 0 Å². The van der Waals surface area contributed by atoms with Gasteiger partial charge in [0.05, 0.1) is 5.67 Å². The van der Waals surface area contributed by atoms with Gasteiger partial charge in [-0.25, -0.2) is 0 Å². The summed E-state index contributed by atoms with van der Waals surface area (Å²) in [4.78, 5) is 21.5. The third-order valence-electron chi connectivity index (χ3n) is 2.97. The van der Waals surface area contributed by atoms with Gasteiger partial charge in [0.25, 0.3) is 0 Å². The Morgan fingerprint density at radius 3 is 2.31 bits per heavy atom. The normalized spacial score (nSPS) is 19.9. The van der Waals surface area contributed by atoms with E-state index in [2.05, 4.69) is 10.2 Å². The Bertz CT molecular complexity index is 315. The molecule has 1 aromatic rings. The summed E-state index contributed by atoms with van der Waals surface area (Å²) in [7, 11) is -2.69. The van der Waals surface area contributed by atoms with Crippen LogP contribution in [0.25, 0.3) is 0 Å². The van der Waals surface area contributed by atoms with Crippen LogP contribution in [0.1, 0.15) is 11.2 Å². The lowest BCUT2D eigenvalue weighted by Crippen LogP contribution is -2.49. The second kappa shape index (κ2) is 5.56. The molecule has 0 amide bonds. The van der Waals surface area contributed by atoms with Crippen LogP contribution in [0.5, 0.6) is 0 Å². The van der Waals surface area contributed by atoms with Crippen molar-refractivity contribution in [2.45, 2.75) is 5.67 Å². The summed E-state index contributed by atoms with van der Waals surface area (Å²) in [6.07, 6.45) is 0. The van der Waals surface area contributed by atoms with Gasteiger partial charge in [-0.15, -0.1) is 0 Å². The van der Waals surface area contributed by atoms with E-state index < -0.39 is 9.28 Å². The molecular formula is C11H18N2O2Si. The first-order valence-corrected chi connectivity index (χ1v) is 7.35. The van der Waals surface area contributed by atoms with Crippen molar-refractivity contribution < 1.29 is 9.59 Å². The fourth-order valence-electron chi connectivity index (χ4n) is 2.18. The predicted molar refractivity (Wildman–Crippen MR) is 65.2 cm³/mol. The van der Waals surface area contributed by atoms with Crippen LogP contribution < -0.4 is 5.32 Å². The largest absolute Gasteiger partial charge is 0.412 e. The van der Waals surface area contributed by atoms with Crippen LogP contribution in [0.2, 0.25) is 0 Å². The van der Waals surface area contributed by atoms with E-state index in [1.807, 2.05) is 30.3 Å². The molecule has 0 aliphatic carbocycles. The molecule has 0 aromatic heterocycles. The zero-order valence-corrected chi connectivity index (χ0v) is 10.4. The first kappa shape index (κ1) is 11.8. The van der Waals surface area contributed by atoms with Gasteiger partial charge in [0, 0.05) is 26.2 Å². The predicted octanol–water partition coefficient (Wildman–Crippen LogP) is -0.623. The van der Waals surface area contributed by atoms with Gasteiger partial charge in [-0.3, -0.25) is 4.90 Å².